The van der Waals surface area contributed by atoms with Crippen LogP contribution in [0.1, 0.15) is 29.7 Å². The summed E-state index contributed by atoms with van der Waals surface area (Å²) in [6.07, 6.45) is 2.70. The zero-order chi connectivity index (χ0) is 24.1. The van der Waals surface area contributed by atoms with Gasteiger partial charge in [0.05, 0.1) is 17.1 Å². The van der Waals surface area contributed by atoms with Crippen LogP contribution in [0.25, 0.3) is 22.3 Å². The molecule has 8 nitrogen and oxygen atoms in total. The van der Waals surface area contributed by atoms with Gasteiger partial charge in [-0.1, -0.05) is 11.6 Å². The van der Waals surface area contributed by atoms with Gasteiger partial charge in [-0.2, -0.15) is 5.10 Å². The summed E-state index contributed by atoms with van der Waals surface area (Å²) in [6, 6.07) is 7.78. The molecule has 1 atom stereocenters. The van der Waals surface area contributed by atoms with Crippen molar-refractivity contribution in [3.05, 3.63) is 74.7 Å². The van der Waals surface area contributed by atoms with Crippen LogP contribution in [0.5, 0.6) is 5.75 Å². The van der Waals surface area contributed by atoms with Crippen LogP contribution >= 0.6 is 11.6 Å². The molecule has 10 heteroatoms. The van der Waals surface area contributed by atoms with Crippen molar-refractivity contribution in [2.75, 3.05) is 0 Å². The Morgan fingerprint density at radius 2 is 1.94 bits per heavy atom. The molecule has 0 aliphatic heterocycles. The molecule has 0 radical (unpaired) electrons. The third-order valence-electron chi connectivity index (χ3n) is 5.31. The van der Waals surface area contributed by atoms with Crippen LogP contribution in [0.3, 0.4) is 0 Å². The van der Waals surface area contributed by atoms with Crippen molar-refractivity contribution in [2.24, 2.45) is 12.2 Å². The van der Waals surface area contributed by atoms with Gasteiger partial charge < -0.3 is 9.15 Å². The minimum atomic E-state index is -4.08. The molecule has 0 aliphatic carbocycles. The molecule has 1 unspecified atom stereocenters. The maximum atomic E-state index is 13.2. The summed E-state index contributed by atoms with van der Waals surface area (Å²) in [5.41, 5.74) is 2.75. The fraction of sp³-hybridized carbons (Fsp3) is 0.217. The quantitative estimate of drug-likeness (QED) is 0.449. The molecule has 2 aromatic heterocycles. The van der Waals surface area contributed by atoms with Crippen LogP contribution in [0, 0.1) is 13.8 Å². The summed E-state index contributed by atoms with van der Waals surface area (Å²) < 4.78 is 38.0. The van der Waals surface area contributed by atoms with Gasteiger partial charge in [-0.3, -0.25) is 9.48 Å². The zero-order valence-electron chi connectivity index (χ0n) is 18.4. The highest BCUT2D eigenvalue weighted by Crippen LogP contribution is 2.35. The van der Waals surface area contributed by atoms with Crippen molar-refractivity contribution in [1.29, 1.82) is 0 Å². The van der Waals surface area contributed by atoms with E-state index in [1.165, 1.54) is 18.2 Å². The third kappa shape index (κ3) is 4.39. The van der Waals surface area contributed by atoms with Crippen LogP contribution in [0.4, 0.5) is 0 Å². The molecule has 2 N–H and O–H groups in total. The Kier molecular flexibility index (Phi) is 5.81. The Balaban J connectivity index is 1.89. The molecule has 2 heterocycles. The van der Waals surface area contributed by atoms with Gasteiger partial charge in [-0.15, -0.1) is 0 Å². The lowest BCUT2D eigenvalue weighted by Gasteiger charge is -2.19. The summed E-state index contributed by atoms with van der Waals surface area (Å²) in [4.78, 5) is 13.0. The average molecular weight is 488 g/mol. The Morgan fingerprint density at radius 1 is 1.21 bits per heavy atom. The van der Waals surface area contributed by atoms with E-state index in [2.05, 4.69) is 5.10 Å². The first-order chi connectivity index (χ1) is 15.5. The highest BCUT2D eigenvalue weighted by atomic mass is 35.5. The van der Waals surface area contributed by atoms with E-state index >= 15 is 0 Å². The third-order valence-corrected chi connectivity index (χ3v) is 6.48. The van der Waals surface area contributed by atoms with E-state index in [-0.39, 0.29) is 21.1 Å². The fourth-order valence-corrected chi connectivity index (χ4v) is 4.66. The lowest BCUT2D eigenvalue weighted by molar-refractivity contribution is 0.220. The molecule has 4 rings (SSSR count). The Bertz CT molecular complexity index is 1560. The fourth-order valence-electron chi connectivity index (χ4n) is 3.74. The number of halogens is 1. The summed E-state index contributed by atoms with van der Waals surface area (Å²) in [5.74, 6) is 0.459. The molecule has 4 aromatic rings. The second kappa shape index (κ2) is 8.33. The average Bonchev–Trinajstić information content (AvgIpc) is 3.17. The highest BCUT2D eigenvalue weighted by molar-refractivity contribution is 7.89. The number of hydrogen-bond donors (Lipinski definition) is 1. The van der Waals surface area contributed by atoms with E-state index in [1.54, 1.807) is 44.0 Å². The molecule has 0 spiro atoms. The predicted octanol–water partition coefficient (Wildman–Crippen LogP) is 4.25. The number of primary sulfonamides is 1. The van der Waals surface area contributed by atoms with Crippen molar-refractivity contribution >= 4 is 32.6 Å². The lowest BCUT2D eigenvalue weighted by atomic mass is 10.0. The number of aryl methyl sites for hydroxylation is 2. The smallest absolute Gasteiger partial charge is 0.241 e. The molecule has 2 aromatic carbocycles. The van der Waals surface area contributed by atoms with Gasteiger partial charge >= 0.3 is 0 Å². The Hall–Kier alpha value is -3.14. The van der Waals surface area contributed by atoms with Gasteiger partial charge in [-0.25, -0.2) is 13.6 Å². The number of ether oxygens (including phenoxy) is 1. The van der Waals surface area contributed by atoms with Crippen molar-refractivity contribution in [2.45, 2.75) is 31.8 Å². The molecule has 0 saturated heterocycles. The van der Waals surface area contributed by atoms with E-state index in [4.69, 9.17) is 25.9 Å². The van der Waals surface area contributed by atoms with E-state index in [9.17, 15) is 13.2 Å². The molecule has 172 valence electrons. The number of nitrogens with two attached hydrogens (primary N) is 1. The topological polar surface area (TPSA) is 117 Å². The van der Waals surface area contributed by atoms with Gasteiger partial charge in [0.15, 0.2) is 5.43 Å². The predicted molar refractivity (Wildman–Crippen MR) is 126 cm³/mol. The number of aromatic nitrogens is 2. The lowest BCUT2D eigenvalue weighted by Crippen LogP contribution is -2.15. The van der Waals surface area contributed by atoms with Crippen molar-refractivity contribution < 1.29 is 17.6 Å². The minimum absolute atomic E-state index is 0.0472. The van der Waals surface area contributed by atoms with Crippen molar-refractivity contribution in [1.82, 2.24) is 9.78 Å². The van der Waals surface area contributed by atoms with E-state index < -0.39 is 16.1 Å². The maximum absolute atomic E-state index is 13.2. The molecule has 0 aliphatic rings. The molecule has 0 amide bonds. The largest absolute Gasteiger partial charge is 0.484 e. The van der Waals surface area contributed by atoms with Crippen LogP contribution in [-0.2, 0) is 17.1 Å². The van der Waals surface area contributed by atoms with Crippen molar-refractivity contribution in [3.63, 3.8) is 0 Å². The van der Waals surface area contributed by atoms with Crippen LogP contribution in [0.2, 0.25) is 5.02 Å². The van der Waals surface area contributed by atoms with Gasteiger partial charge in [0, 0.05) is 29.4 Å². The zero-order valence-corrected chi connectivity index (χ0v) is 20.0. The van der Waals surface area contributed by atoms with Gasteiger partial charge in [0.1, 0.15) is 28.1 Å². The number of rotatable bonds is 5. The first kappa shape index (κ1) is 23.0. The standard InChI is InChI=1S/C23H22ClN3O5S/c1-12-7-17(14(3)31-19-6-5-16(24)9-20(19)33(25,29)30)23-18(8-12)21(28)13(2)22(32-23)15-10-26-27(4)11-15/h5-11,14H,1-4H3,(H2,25,29,30). The summed E-state index contributed by atoms with van der Waals surface area (Å²) in [5, 5.41) is 10.1. The van der Waals surface area contributed by atoms with E-state index in [0.717, 1.165) is 5.56 Å². The molecule has 0 saturated carbocycles. The molecule has 0 bridgehead atoms. The van der Waals surface area contributed by atoms with Gasteiger partial charge in [0.25, 0.3) is 0 Å². The highest BCUT2D eigenvalue weighted by Gasteiger charge is 2.23. The SMILES string of the molecule is Cc1cc(C(C)Oc2ccc(Cl)cc2S(N)(=O)=O)c2oc(-c3cnn(C)c3)c(C)c(=O)c2c1. The Morgan fingerprint density at radius 3 is 2.58 bits per heavy atom. The normalized spacial score (nSPS) is 12.8. The first-order valence-corrected chi connectivity index (χ1v) is 11.9. The minimum Gasteiger partial charge on any atom is -0.484 e. The summed E-state index contributed by atoms with van der Waals surface area (Å²) >= 11 is 5.95. The molecule has 0 fully saturated rings. The number of sulfonamides is 1. The first-order valence-electron chi connectivity index (χ1n) is 10.0. The molecular weight excluding hydrogens is 466 g/mol. The van der Waals surface area contributed by atoms with Crippen LogP contribution in [-0.4, -0.2) is 18.2 Å². The number of hydrogen-bond acceptors (Lipinski definition) is 6. The number of fused-ring (bicyclic) bond motifs is 1. The van der Waals surface area contributed by atoms with Crippen LogP contribution in [0.15, 0.2) is 56.8 Å². The number of benzene rings is 2. The second-order valence-electron chi connectivity index (χ2n) is 7.91. The van der Waals surface area contributed by atoms with Crippen molar-refractivity contribution in [3.8, 4) is 17.1 Å². The molecule has 33 heavy (non-hydrogen) atoms. The second-order valence-corrected chi connectivity index (χ2v) is 9.88. The van der Waals surface area contributed by atoms with Crippen LogP contribution < -0.4 is 15.3 Å². The number of nitrogens with zero attached hydrogens (tertiary/aromatic N) is 2. The van der Waals surface area contributed by atoms with Gasteiger partial charge in [-0.05, 0) is 56.7 Å². The van der Waals surface area contributed by atoms with Gasteiger partial charge in [0.2, 0.25) is 10.0 Å². The maximum Gasteiger partial charge on any atom is 0.241 e. The Labute approximate surface area is 195 Å². The molecular formula is C23H22ClN3O5S. The summed E-state index contributed by atoms with van der Waals surface area (Å²) in [7, 11) is -2.30. The monoisotopic (exact) mass is 487 g/mol. The summed E-state index contributed by atoms with van der Waals surface area (Å²) in [6.45, 7) is 5.30. The van der Waals surface area contributed by atoms with E-state index in [0.29, 0.717) is 33.4 Å². The van der Waals surface area contributed by atoms with E-state index in [1.807, 2.05) is 13.0 Å².